The molecule has 1 aliphatic rings. The molecule has 0 saturated carbocycles. The van der Waals surface area contributed by atoms with Crippen LogP contribution in [0.5, 0.6) is 0 Å². The fourth-order valence-electron chi connectivity index (χ4n) is 2.50. The van der Waals surface area contributed by atoms with Crippen molar-refractivity contribution in [3.63, 3.8) is 0 Å². The maximum Gasteiger partial charge on any atom is -0.00161 e. The first-order chi connectivity index (χ1) is 7.83. The van der Waals surface area contributed by atoms with Gasteiger partial charge in [-0.2, -0.15) is 0 Å². The van der Waals surface area contributed by atoms with Gasteiger partial charge >= 0.3 is 0 Å². The standard InChI is InChI=1S/C15H30N/c1-3-4-5-6-7-8-9-12-16-13-10-15(2)11-14-16/h15H,2-14H2,1H3. The predicted molar refractivity (Wildman–Crippen MR) is 72.5 cm³/mol. The third-order valence-corrected chi connectivity index (χ3v) is 3.79. The molecule has 0 aromatic rings. The zero-order valence-electron chi connectivity index (χ0n) is 11.2. The van der Waals surface area contributed by atoms with Crippen LogP contribution in [-0.4, -0.2) is 24.5 Å². The van der Waals surface area contributed by atoms with Gasteiger partial charge in [0.25, 0.3) is 0 Å². The van der Waals surface area contributed by atoms with Gasteiger partial charge in [-0.3, -0.25) is 0 Å². The Balaban J connectivity index is 1.84. The van der Waals surface area contributed by atoms with Crippen molar-refractivity contribution < 1.29 is 0 Å². The molecule has 0 aliphatic carbocycles. The first-order valence-electron chi connectivity index (χ1n) is 7.38. The zero-order chi connectivity index (χ0) is 11.6. The highest BCUT2D eigenvalue weighted by Crippen LogP contribution is 2.16. The molecule has 0 N–H and O–H groups in total. The molecule has 0 aromatic carbocycles. The number of likely N-dealkylation sites (tertiary alicyclic amines) is 1. The van der Waals surface area contributed by atoms with Crippen LogP contribution in [0.25, 0.3) is 0 Å². The molecule has 16 heavy (non-hydrogen) atoms. The lowest BCUT2D eigenvalue weighted by Gasteiger charge is -2.30. The summed E-state index contributed by atoms with van der Waals surface area (Å²) >= 11 is 0. The summed E-state index contributed by atoms with van der Waals surface area (Å²) in [5.74, 6) is 0.727. The quantitative estimate of drug-likeness (QED) is 0.556. The number of piperidine rings is 1. The SMILES string of the molecule is [CH2]C1CCN(CCCCCCCCC)CC1. The molecule has 1 fully saturated rings. The highest BCUT2D eigenvalue weighted by atomic mass is 15.1. The molecule has 1 radical (unpaired) electrons. The van der Waals surface area contributed by atoms with Gasteiger partial charge in [-0.05, 0) is 44.8 Å². The van der Waals surface area contributed by atoms with Gasteiger partial charge in [0.05, 0.1) is 0 Å². The van der Waals surface area contributed by atoms with Crippen molar-refractivity contribution in [1.29, 1.82) is 0 Å². The van der Waals surface area contributed by atoms with E-state index < -0.39 is 0 Å². The maximum atomic E-state index is 4.14. The molecule has 1 aliphatic heterocycles. The van der Waals surface area contributed by atoms with Gasteiger partial charge in [0.15, 0.2) is 0 Å². The first kappa shape index (κ1) is 14.0. The summed E-state index contributed by atoms with van der Waals surface area (Å²) < 4.78 is 0. The number of hydrogen-bond donors (Lipinski definition) is 0. The van der Waals surface area contributed by atoms with Crippen molar-refractivity contribution in [2.24, 2.45) is 5.92 Å². The average molecular weight is 224 g/mol. The number of rotatable bonds is 8. The highest BCUT2D eigenvalue weighted by Gasteiger charge is 2.14. The maximum absolute atomic E-state index is 4.14. The van der Waals surface area contributed by atoms with Crippen LogP contribution >= 0.6 is 0 Å². The molecule has 1 heterocycles. The monoisotopic (exact) mass is 224 g/mol. The molecule has 1 saturated heterocycles. The minimum absolute atomic E-state index is 0.727. The van der Waals surface area contributed by atoms with Gasteiger partial charge in [0, 0.05) is 0 Å². The van der Waals surface area contributed by atoms with Crippen LogP contribution in [0.3, 0.4) is 0 Å². The molecule has 1 heteroatoms. The molecule has 1 nitrogen and oxygen atoms in total. The molecule has 1 rings (SSSR count). The van der Waals surface area contributed by atoms with Crippen LogP contribution in [0.15, 0.2) is 0 Å². The molecule has 0 aromatic heterocycles. The van der Waals surface area contributed by atoms with E-state index in [9.17, 15) is 0 Å². The Morgan fingerprint density at radius 3 is 2.12 bits per heavy atom. The molecular weight excluding hydrogens is 194 g/mol. The van der Waals surface area contributed by atoms with Gasteiger partial charge in [0.2, 0.25) is 0 Å². The number of hydrogen-bond acceptors (Lipinski definition) is 1. The Bertz CT molecular complexity index is 148. The number of nitrogens with zero attached hydrogens (tertiary/aromatic N) is 1. The van der Waals surface area contributed by atoms with E-state index in [4.69, 9.17) is 0 Å². The summed E-state index contributed by atoms with van der Waals surface area (Å²) in [5, 5.41) is 0. The zero-order valence-corrected chi connectivity index (χ0v) is 11.2. The first-order valence-corrected chi connectivity index (χ1v) is 7.38. The van der Waals surface area contributed by atoms with Crippen molar-refractivity contribution in [1.82, 2.24) is 4.90 Å². The van der Waals surface area contributed by atoms with Crippen LogP contribution < -0.4 is 0 Å². The molecule has 0 amide bonds. The van der Waals surface area contributed by atoms with E-state index in [0.717, 1.165) is 5.92 Å². The minimum Gasteiger partial charge on any atom is -0.303 e. The van der Waals surface area contributed by atoms with Crippen LogP contribution in [-0.2, 0) is 0 Å². The van der Waals surface area contributed by atoms with Gasteiger partial charge in [-0.1, -0.05) is 52.4 Å². The lowest BCUT2D eigenvalue weighted by atomic mass is 9.99. The Kier molecular flexibility index (Phi) is 7.92. The van der Waals surface area contributed by atoms with Crippen molar-refractivity contribution in [2.45, 2.75) is 64.7 Å². The van der Waals surface area contributed by atoms with Gasteiger partial charge in [-0.15, -0.1) is 0 Å². The van der Waals surface area contributed by atoms with Crippen LogP contribution in [0.2, 0.25) is 0 Å². The van der Waals surface area contributed by atoms with Gasteiger partial charge in [-0.25, -0.2) is 0 Å². The lowest BCUT2D eigenvalue weighted by Crippen LogP contribution is -2.33. The third-order valence-electron chi connectivity index (χ3n) is 3.79. The van der Waals surface area contributed by atoms with E-state index in [1.807, 2.05) is 0 Å². The van der Waals surface area contributed by atoms with Crippen molar-refractivity contribution in [3.05, 3.63) is 6.92 Å². The minimum atomic E-state index is 0.727. The fourth-order valence-corrected chi connectivity index (χ4v) is 2.50. The number of unbranched alkanes of at least 4 members (excludes halogenated alkanes) is 6. The normalized spacial score (nSPS) is 19.1. The lowest BCUT2D eigenvalue weighted by molar-refractivity contribution is 0.198. The van der Waals surface area contributed by atoms with E-state index in [-0.39, 0.29) is 0 Å². The Morgan fingerprint density at radius 2 is 1.50 bits per heavy atom. The molecule has 0 unspecified atom stereocenters. The second-order valence-corrected chi connectivity index (χ2v) is 5.41. The molecule has 0 atom stereocenters. The van der Waals surface area contributed by atoms with E-state index >= 15 is 0 Å². The largest absolute Gasteiger partial charge is 0.303 e. The average Bonchev–Trinajstić information content (AvgIpc) is 2.30. The Labute approximate surface area is 103 Å². The smallest absolute Gasteiger partial charge is 0.00161 e. The Morgan fingerprint density at radius 1 is 0.938 bits per heavy atom. The topological polar surface area (TPSA) is 3.24 Å². The fraction of sp³-hybridized carbons (Fsp3) is 0.933. The van der Waals surface area contributed by atoms with E-state index in [2.05, 4.69) is 18.7 Å². The second-order valence-electron chi connectivity index (χ2n) is 5.41. The molecular formula is C15H30N. The van der Waals surface area contributed by atoms with E-state index in [1.165, 1.54) is 77.4 Å². The molecule has 0 bridgehead atoms. The molecule has 0 spiro atoms. The summed E-state index contributed by atoms with van der Waals surface area (Å²) in [6.45, 7) is 10.4. The summed E-state index contributed by atoms with van der Waals surface area (Å²) in [7, 11) is 0. The van der Waals surface area contributed by atoms with Crippen LogP contribution in [0, 0.1) is 12.8 Å². The highest BCUT2D eigenvalue weighted by molar-refractivity contribution is 4.73. The molecule has 95 valence electrons. The summed E-state index contributed by atoms with van der Waals surface area (Å²) in [6.07, 6.45) is 12.6. The van der Waals surface area contributed by atoms with Crippen LogP contribution in [0.1, 0.15) is 64.7 Å². The summed E-state index contributed by atoms with van der Waals surface area (Å²) in [5.41, 5.74) is 0. The summed E-state index contributed by atoms with van der Waals surface area (Å²) in [6, 6.07) is 0. The Hall–Kier alpha value is -0.0400. The van der Waals surface area contributed by atoms with Crippen molar-refractivity contribution in [2.75, 3.05) is 19.6 Å². The van der Waals surface area contributed by atoms with Gasteiger partial charge < -0.3 is 4.90 Å². The van der Waals surface area contributed by atoms with Crippen LogP contribution in [0.4, 0.5) is 0 Å². The van der Waals surface area contributed by atoms with Gasteiger partial charge in [0.1, 0.15) is 0 Å². The third kappa shape index (κ3) is 6.52. The summed E-state index contributed by atoms with van der Waals surface area (Å²) in [4.78, 5) is 2.63. The second kappa shape index (κ2) is 9.04. The van der Waals surface area contributed by atoms with E-state index in [1.54, 1.807) is 0 Å². The predicted octanol–water partition coefficient (Wildman–Crippen LogP) is 4.28. The van der Waals surface area contributed by atoms with E-state index in [0.29, 0.717) is 0 Å². The van der Waals surface area contributed by atoms with Crippen molar-refractivity contribution in [3.8, 4) is 0 Å². The van der Waals surface area contributed by atoms with Crippen molar-refractivity contribution >= 4 is 0 Å².